The van der Waals surface area contributed by atoms with Gasteiger partial charge in [-0.3, -0.25) is 9.69 Å². The van der Waals surface area contributed by atoms with Gasteiger partial charge in [-0.1, -0.05) is 19.3 Å². The number of pyridine rings is 1. The van der Waals surface area contributed by atoms with Gasteiger partial charge in [0.25, 0.3) is 5.56 Å². The average Bonchev–Trinajstić information content (AvgIpc) is 3.62. The first-order valence-electron chi connectivity index (χ1n) is 11.7. The zero-order chi connectivity index (χ0) is 22.9. The van der Waals surface area contributed by atoms with Crippen molar-refractivity contribution < 1.29 is 13.9 Å². The van der Waals surface area contributed by atoms with Gasteiger partial charge in [0.1, 0.15) is 12.3 Å². The van der Waals surface area contributed by atoms with Crippen LogP contribution in [0.1, 0.15) is 49.3 Å². The highest BCUT2D eigenvalue weighted by Crippen LogP contribution is 2.35. The highest BCUT2D eigenvalue weighted by Gasteiger charge is 2.25. The molecule has 10 nitrogen and oxygen atoms in total. The molecular formula is C24H26N6O4. The van der Waals surface area contributed by atoms with Gasteiger partial charge in [-0.05, 0) is 47.5 Å². The summed E-state index contributed by atoms with van der Waals surface area (Å²) >= 11 is 0. The van der Waals surface area contributed by atoms with Crippen LogP contribution in [-0.4, -0.2) is 42.9 Å². The van der Waals surface area contributed by atoms with Gasteiger partial charge in [-0.15, -0.1) is 5.10 Å². The van der Waals surface area contributed by atoms with Gasteiger partial charge in [-0.2, -0.15) is 0 Å². The maximum atomic E-state index is 13.0. The minimum absolute atomic E-state index is 0.0950. The third kappa shape index (κ3) is 4.16. The average molecular weight is 463 g/mol. The number of nitrogens with one attached hydrogen (secondary N) is 1. The second-order valence-corrected chi connectivity index (χ2v) is 8.95. The van der Waals surface area contributed by atoms with Crippen molar-refractivity contribution in [2.24, 2.45) is 0 Å². The number of hydrogen-bond donors (Lipinski definition) is 1. The lowest BCUT2D eigenvalue weighted by atomic mass is 9.93. The number of aromatic amines is 1. The molecule has 34 heavy (non-hydrogen) atoms. The van der Waals surface area contributed by atoms with Crippen LogP contribution in [0.15, 0.2) is 45.8 Å². The molecule has 0 atom stereocenters. The summed E-state index contributed by atoms with van der Waals surface area (Å²) in [5.41, 5.74) is 1.36. The number of H-pyrrole nitrogens is 1. The second-order valence-electron chi connectivity index (χ2n) is 8.95. The van der Waals surface area contributed by atoms with Crippen molar-refractivity contribution >= 4 is 10.9 Å². The molecule has 0 amide bonds. The van der Waals surface area contributed by atoms with Crippen LogP contribution >= 0.6 is 0 Å². The van der Waals surface area contributed by atoms with Crippen molar-refractivity contribution in [1.82, 2.24) is 30.1 Å². The number of benzene rings is 1. The predicted molar refractivity (Wildman–Crippen MR) is 122 cm³/mol. The molecule has 1 aliphatic heterocycles. The van der Waals surface area contributed by atoms with E-state index in [4.69, 9.17) is 13.9 Å². The topological polar surface area (TPSA) is 111 Å². The van der Waals surface area contributed by atoms with E-state index in [1.165, 1.54) is 19.3 Å². The first-order valence-corrected chi connectivity index (χ1v) is 11.7. The Morgan fingerprint density at radius 3 is 2.76 bits per heavy atom. The van der Waals surface area contributed by atoms with Gasteiger partial charge < -0.3 is 18.9 Å². The molecule has 0 bridgehead atoms. The fraction of sp³-hybridized carbons (Fsp3) is 0.417. The number of furan rings is 1. The molecule has 1 aliphatic carbocycles. The molecule has 3 aromatic heterocycles. The summed E-state index contributed by atoms with van der Waals surface area (Å²) in [4.78, 5) is 18.4. The van der Waals surface area contributed by atoms with E-state index >= 15 is 0 Å². The van der Waals surface area contributed by atoms with E-state index in [1.54, 1.807) is 10.9 Å². The Hall–Kier alpha value is -3.66. The molecule has 4 aromatic rings. The Kier molecular flexibility index (Phi) is 5.50. The van der Waals surface area contributed by atoms with Crippen LogP contribution < -0.4 is 15.0 Å². The van der Waals surface area contributed by atoms with E-state index in [-0.39, 0.29) is 12.4 Å². The van der Waals surface area contributed by atoms with Crippen LogP contribution in [0, 0.1) is 0 Å². The number of aromatic nitrogens is 5. The van der Waals surface area contributed by atoms with Crippen molar-refractivity contribution in [2.75, 3.05) is 6.79 Å². The summed E-state index contributed by atoms with van der Waals surface area (Å²) in [7, 11) is 0. The van der Waals surface area contributed by atoms with Crippen molar-refractivity contribution in [3.05, 3.63) is 64.1 Å². The number of fused-ring (bicyclic) bond motifs is 2. The molecule has 0 unspecified atom stereocenters. The van der Waals surface area contributed by atoms with Crippen LogP contribution in [-0.2, 0) is 19.6 Å². The van der Waals surface area contributed by atoms with E-state index in [0.717, 1.165) is 35.3 Å². The van der Waals surface area contributed by atoms with Crippen LogP contribution in [0.3, 0.4) is 0 Å². The molecule has 1 N–H and O–H groups in total. The van der Waals surface area contributed by atoms with Crippen molar-refractivity contribution in [3.8, 4) is 11.5 Å². The van der Waals surface area contributed by atoms with Crippen LogP contribution in [0.4, 0.5) is 0 Å². The van der Waals surface area contributed by atoms with Crippen molar-refractivity contribution in [2.45, 2.75) is 57.8 Å². The lowest BCUT2D eigenvalue weighted by Gasteiger charge is -2.33. The summed E-state index contributed by atoms with van der Waals surface area (Å²) in [5.74, 6) is 2.90. The number of hydrogen-bond acceptors (Lipinski definition) is 8. The smallest absolute Gasteiger partial charge is 0.252 e. The predicted octanol–water partition coefficient (Wildman–Crippen LogP) is 3.22. The monoisotopic (exact) mass is 462 g/mol. The third-order valence-corrected chi connectivity index (χ3v) is 6.72. The van der Waals surface area contributed by atoms with Crippen LogP contribution in [0.25, 0.3) is 10.9 Å². The highest BCUT2D eigenvalue weighted by molar-refractivity contribution is 5.83. The van der Waals surface area contributed by atoms with Gasteiger partial charge in [-0.25, -0.2) is 4.68 Å². The Bertz CT molecular complexity index is 1340. The lowest BCUT2D eigenvalue weighted by molar-refractivity contribution is 0.133. The Labute approximate surface area is 195 Å². The normalized spacial score (nSPS) is 16.0. The summed E-state index contributed by atoms with van der Waals surface area (Å²) < 4.78 is 18.2. The molecule has 6 rings (SSSR count). The zero-order valence-electron chi connectivity index (χ0n) is 18.8. The molecule has 4 heterocycles. The van der Waals surface area contributed by atoms with E-state index in [2.05, 4.69) is 25.4 Å². The van der Waals surface area contributed by atoms with Crippen molar-refractivity contribution in [3.63, 3.8) is 0 Å². The van der Waals surface area contributed by atoms with E-state index in [0.29, 0.717) is 42.7 Å². The van der Waals surface area contributed by atoms with Crippen LogP contribution in [0.2, 0.25) is 0 Å². The number of nitrogens with zero attached hydrogens (tertiary/aromatic N) is 5. The molecule has 2 aliphatic rings. The van der Waals surface area contributed by atoms with Crippen LogP contribution in [0.5, 0.6) is 11.5 Å². The summed E-state index contributed by atoms with van der Waals surface area (Å²) in [6, 6.07) is 9.83. The molecular weight excluding hydrogens is 436 g/mol. The molecule has 1 aromatic carbocycles. The molecule has 10 heteroatoms. The maximum Gasteiger partial charge on any atom is 0.252 e. The number of rotatable bonds is 7. The first kappa shape index (κ1) is 20.9. The zero-order valence-corrected chi connectivity index (χ0v) is 18.8. The van der Waals surface area contributed by atoms with Gasteiger partial charge in [0.15, 0.2) is 17.3 Å². The summed E-state index contributed by atoms with van der Waals surface area (Å²) in [5, 5.41) is 13.3. The second kappa shape index (κ2) is 8.94. The summed E-state index contributed by atoms with van der Waals surface area (Å²) in [6.07, 6.45) is 7.48. The number of tetrazole rings is 1. The molecule has 0 radical (unpaired) electrons. The SMILES string of the molecule is O=c1[nH]c2cc3c(cc2cc1CN(Cc1nnnn1Cc1ccco1)C1CCCCC1)OCO3. The standard InChI is InChI=1S/C24H26N6O4/c31-24-17(9-16-10-21-22(34-15-33-21)11-20(16)25-24)12-29(18-5-2-1-3-6-18)14-23-26-27-28-30(23)13-19-7-4-8-32-19/h4,7-11,18H,1-3,5-6,12-15H2,(H,25,31). The van der Waals surface area contributed by atoms with Gasteiger partial charge in [0.05, 0.1) is 18.3 Å². The quantitative estimate of drug-likeness (QED) is 0.446. The lowest BCUT2D eigenvalue weighted by Crippen LogP contribution is -2.38. The van der Waals surface area contributed by atoms with E-state index in [1.807, 2.05) is 30.3 Å². The largest absolute Gasteiger partial charge is 0.467 e. The minimum Gasteiger partial charge on any atom is -0.467 e. The Morgan fingerprint density at radius 1 is 1.09 bits per heavy atom. The van der Waals surface area contributed by atoms with E-state index in [9.17, 15) is 4.79 Å². The molecule has 1 saturated carbocycles. The Morgan fingerprint density at radius 2 is 1.94 bits per heavy atom. The fourth-order valence-corrected chi connectivity index (χ4v) is 4.93. The highest BCUT2D eigenvalue weighted by atomic mass is 16.7. The third-order valence-electron chi connectivity index (χ3n) is 6.72. The van der Waals surface area contributed by atoms with E-state index < -0.39 is 0 Å². The molecule has 0 saturated heterocycles. The fourth-order valence-electron chi connectivity index (χ4n) is 4.93. The van der Waals surface area contributed by atoms with Gasteiger partial charge in [0, 0.05) is 29.6 Å². The molecule has 1 fully saturated rings. The molecule has 176 valence electrons. The summed E-state index contributed by atoms with van der Waals surface area (Å²) in [6.45, 7) is 1.73. The molecule has 0 spiro atoms. The van der Waals surface area contributed by atoms with Crippen molar-refractivity contribution in [1.29, 1.82) is 0 Å². The van der Waals surface area contributed by atoms with Gasteiger partial charge >= 0.3 is 0 Å². The number of ether oxygens (including phenoxy) is 2. The first-order chi connectivity index (χ1) is 16.7. The van der Waals surface area contributed by atoms with Gasteiger partial charge in [0.2, 0.25) is 6.79 Å². The Balaban J connectivity index is 1.30. The minimum atomic E-state index is -0.0950. The maximum absolute atomic E-state index is 13.0.